The van der Waals surface area contributed by atoms with Crippen molar-refractivity contribution in [3.63, 3.8) is 0 Å². The second-order valence-corrected chi connectivity index (χ2v) is 5.07. The maximum Gasteiger partial charge on any atom is 0.411 e. The molecule has 1 amide bonds. The number of nitrogens with zero attached hydrogens (tertiary/aromatic N) is 1. The first kappa shape index (κ1) is 13.5. The van der Waals surface area contributed by atoms with E-state index in [1.807, 2.05) is 31.2 Å². The van der Waals surface area contributed by atoms with Crippen LogP contribution in [0, 0.1) is 0 Å². The van der Waals surface area contributed by atoms with E-state index in [0.29, 0.717) is 0 Å². The summed E-state index contributed by atoms with van der Waals surface area (Å²) in [6, 6.07) is 5.87. The van der Waals surface area contributed by atoms with E-state index in [0.717, 1.165) is 28.1 Å². The average Bonchev–Trinajstić information content (AvgIpc) is 2.75. The number of aromatic amines is 1. The van der Waals surface area contributed by atoms with Gasteiger partial charge in [-0.15, -0.1) is 11.8 Å². The van der Waals surface area contributed by atoms with Crippen molar-refractivity contribution in [1.82, 2.24) is 9.97 Å². The molecular weight excluding hydrogens is 262 g/mol. The number of hydrogen-bond acceptors (Lipinski definition) is 3. The van der Waals surface area contributed by atoms with Gasteiger partial charge < -0.3 is 10.1 Å². The average molecular weight is 277 g/mol. The molecule has 0 aliphatic carbocycles. The number of carbonyl (C=O) groups is 1. The van der Waals surface area contributed by atoms with E-state index < -0.39 is 6.09 Å². The molecule has 3 N–H and O–H groups in total. The molecule has 0 unspecified atom stereocenters. The molecule has 0 radical (unpaired) electrons. The quantitative estimate of drug-likeness (QED) is 0.442. The highest BCUT2D eigenvalue weighted by Crippen LogP contribution is 2.24. The Labute approximate surface area is 115 Å². The topological polar surface area (TPSA) is 78.0 Å². The number of fused-ring (bicyclic) bond motifs is 1. The number of allylic oxidation sites excluding steroid dienone is 2. The standard InChI is InChI=1S/C13H15N3O2S/c1-2-3-4-7-19-9-5-6-10-11(8-9)15-12(14-10)16-13(17)18/h2-3,5-6,8H,4,7H2,1H3,(H,17,18)(H2,14,15,16). The minimum absolute atomic E-state index is 0.249. The number of nitrogens with one attached hydrogen (secondary N) is 2. The number of anilines is 1. The Morgan fingerprint density at radius 1 is 1.58 bits per heavy atom. The Bertz CT molecular complexity index is 607. The number of H-pyrrole nitrogens is 1. The van der Waals surface area contributed by atoms with Crippen LogP contribution in [0.1, 0.15) is 13.3 Å². The third-order valence-electron chi connectivity index (χ3n) is 2.47. The molecule has 0 atom stereocenters. The molecule has 100 valence electrons. The first-order valence-corrected chi connectivity index (χ1v) is 6.91. The third-order valence-corrected chi connectivity index (χ3v) is 3.50. The molecule has 2 aromatic rings. The number of hydrogen-bond donors (Lipinski definition) is 3. The molecule has 1 aromatic carbocycles. The predicted molar refractivity (Wildman–Crippen MR) is 77.9 cm³/mol. The van der Waals surface area contributed by atoms with Gasteiger partial charge in [0.2, 0.25) is 5.95 Å². The number of rotatable bonds is 5. The van der Waals surface area contributed by atoms with Crippen LogP contribution in [0.4, 0.5) is 10.7 Å². The van der Waals surface area contributed by atoms with Gasteiger partial charge in [0.1, 0.15) is 0 Å². The van der Waals surface area contributed by atoms with Gasteiger partial charge >= 0.3 is 6.09 Å². The number of amides is 1. The summed E-state index contributed by atoms with van der Waals surface area (Å²) in [5.41, 5.74) is 1.58. The lowest BCUT2D eigenvalue weighted by atomic mass is 10.3. The second-order valence-electron chi connectivity index (χ2n) is 3.90. The van der Waals surface area contributed by atoms with Crippen molar-refractivity contribution in [2.75, 3.05) is 11.1 Å². The molecule has 2 rings (SSSR count). The Hall–Kier alpha value is -1.95. The Morgan fingerprint density at radius 2 is 2.42 bits per heavy atom. The molecule has 0 saturated carbocycles. The summed E-state index contributed by atoms with van der Waals surface area (Å²) in [6.45, 7) is 2.01. The molecule has 5 nitrogen and oxygen atoms in total. The molecule has 0 saturated heterocycles. The molecule has 1 aromatic heterocycles. The van der Waals surface area contributed by atoms with Crippen molar-refractivity contribution >= 4 is 34.8 Å². The minimum Gasteiger partial charge on any atom is -0.465 e. The molecular formula is C13H15N3O2S. The van der Waals surface area contributed by atoms with Crippen LogP contribution >= 0.6 is 11.8 Å². The number of thioether (sulfide) groups is 1. The maximum absolute atomic E-state index is 10.5. The number of aromatic nitrogens is 2. The molecule has 6 heteroatoms. The molecule has 0 aliphatic rings. The van der Waals surface area contributed by atoms with Crippen molar-refractivity contribution in [2.45, 2.75) is 18.2 Å². The van der Waals surface area contributed by atoms with Crippen molar-refractivity contribution in [2.24, 2.45) is 0 Å². The van der Waals surface area contributed by atoms with E-state index in [1.54, 1.807) is 11.8 Å². The first-order chi connectivity index (χ1) is 9.19. The van der Waals surface area contributed by atoms with E-state index in [4.69, 9.17) is 5.11 Å². The van der Waals surface area contributed by atoms with Crippen LogP contribution in [0.15, 0.2) is 35.2 Å². The lowest BCUT2D eigenvalue weighted by Gasteiger charge is -1.98. The Morgan fingerprint density at radius 3 is 3.16 bits per heavy atom. The van der Waals surface area contributed by atoms with Gasteiger partial charge in [-0.1, -0.05) is 12.2 Å². The molecule has 1 heterocycles. The molecule has 19 heavy (non-hydrogen) atoms. The highest BCUT2D eigenvalue weighted by molar-refractivity contribution is 7.99. The van der Waals surface area contributed by atoms with Crippen molar-refractivity contribution in [3.05, 3.63) is 30.4 Å². The summed E-state index contributed by atoms with van der Waals surface area (Å²) in [4.78, 5) is 18.8. The summed E-state index contributed by atoms with van der Waals surface area (Å²) in [5.74, 6) is 1.26. The van der Waals surface area contributed by atoms with Crippen LogP contribution in [0.5, 0.6) is 0 Å². The van der Waals surface area contributed by atoms with Crippen LogP contribution in [0.3, 0.4) is 0 Å². The first-order valence-electron chi connectivity index (χ1n) is 5.92. The smallest absolute Gasteiger partial charge is 0.411 e. The van der Waals surface area contributed by atoms with Crippen LogP contribution < -0.4 is 5.32 Å². The van der Waals surface area contributed by atoms with Crippen LogP contribution in [-0.2, 0) is 0 Å². The fraction of sp³-hybridized carbons (Fsp3) is 0.231. The van der Waals surface area contributed by atoms with Crippen LogP contribution in [-0.4, -0.2) is 26.9 Å². The highest BCUT2D eigenvalue weighted by Gasteiger charge is 2.05. The van der Waals surface area contributed by atoms with E-state index in [2.05, 4.69) is 21.4 Å². The number of benzene rings is 1. The molecule has 0 spiro atoms. The van der Waals surface area contributed by atoms with Gasteiger partial charge in [-0.3, -0.25) is 5.32 Å². The fourth-order valence-corrected chi connectivity index (χ4v) is 2.50. The van der Waals surface area contributed by atoms with Crippen LogP contribution in [0.25, 0.3) is 11.0 Å². The number of carboxylic acid groups (broad SMARTS) is 1. The van der Waals surface area contributed by atoms with Gasteiger partial charge in [0.15, 0.2) is 0 Å². The van der Waals surface area contributed by atoms with Gasteiger partial charge in [-0.05, 0) is 31.5 Å². The monoisotopic (exact) mass is 277 g/mol. The van der Waals surface area contributed by atoms with Crippen molar-refractivity contribution in [1.29, 1.82) is 0 Å². The minimum atomic E-state index is -1.12. The zero-order valence-corrected chi connectivity index (χ0v) is 11.3. The summed E-state index contributed by atoms with van der Waals surface area (Å²) in [5, 5.41) is 10.8. The Balaban J connectivity index is 2.09. The van der Waals surface area contributed by atoms with Gasteiger partial charge in [0.25, 0.3) is 0 Å². The Kier molecular flexibility index (Phi) is 4.46. The number of imidazole rings is 1. The zero-order chi connectivity index (χ0) is 13.7. The summed E-state index contributed by atoms with van der Waals surface area (Å²) in [6.07, 6.45) is 4.09. The van der Waals surface area contributed by atoms with Gasteiger partial charge in [0.05, 0.1) is 11.0 Å². The van der Waals surface area contributed by atoms with Crippen LogP contribution in [0.2, 0.25) is 0 Å². The van der Waals surface area contributed by atoms with Crippen molar-refractivity contribution in [3.8, 4) is 0 Å². The third kappa shape index (κ3) is 3.75. The maximum atomic E-state index is 10.5. The fourth-order valence-electron chi connectivity index (χ4n) is 1.65. The van der Waals surface area contributed by atoms with E-state index in [9.17, 15) is 4.79 Å². The van der Waals surface area contributed by atoms with Crippen molar-refractivity contribution < 1.29 is 9.90 Å². The van der Waals surface area contributed by atoms with E-state index in [-0.39, 0.29) is 5.95 Å². The van der Waals surface area contributed by atoms with Gasteiger partial charge in [0, 0.05) is 10.6 Å². The lowest BCUT2D eigenvalue weighted by molar-refractivity contribution is 0.209. The van der Waals surface area contributed by atoms with Gasteiger partial charge in [-0.2, -0.15) is 0 Å². The summed E-state index contributed by atoms with van der Waals surface area (Å²) < 4.78 is 0. The van der Waals surface area contributed by atoms with E-state index >= 15 is 0 Å². The zero-order valence-electron chi connectivity index (χ0n) is 10.5. The molecule has 0 fully saturated rings. The molecule has 0 aliphatic heterocycles. The highest BCUT2D eigenvalue weighted by atomic mass is 32.2. The largest absolute Gasteiger partial charge is 0.465 e. The normalized spacial score (nSPS) is 11.2. The summed E-state index contributed by atoms with van der Waals surface area (Å²) in [7, 11) is 0. The second kappa shape index (κ2) is 6.29. The van der Waals surface area contributed by atoms with Gasteiger partial charge in [-0.25, -0.2) is 9.78 Å². The molecule has 0 bridgehead atoms. The summed E-state index contributed by atoms with van der Waals surface area (Å²) >= 11 is 1.76. The predicted octanol–water partition coefficient (Wildman–Crippen LogP) is 3.71. The lowest BCUT2D eigenvalue weighted by Crippen LogP contribution is -2.08. The SMILES string of the molecule is CC=CCCSc1ccc2[nH]c(NC(=O)O)nc2c1. The van der Waals surface area contributed by atoms with E-state index in [1.165, 1.54) is 0 Å².